The first-order valence-corrected chi connectivity index (χ1v) is 4.24. The third-order valence-electron chi connectivity index (χ3n) is 1.98. The van der Waals surface area contributed by atoms with Crippen molar-refractivity contribution in [2.45, 2.75) is 0 Å². The van der Waals surface area contributed by atoms with Crippen molar-refractivity contribution in [2.24, 2.45) is 0 Å². The predicted molar refractivity (Wildman–Crippen MR) is 56.9 cm³/mol. The maximum Gasteiger partial charge on any atom is 0.213 e. The molecule has 1 N–H and O–H groups in total. The summed E-state index contributed by atoms with van der Waals surface area (Å²) >= 11 is 0. The minimum Gasteiger partial charge on any atom is -0.508 e. The Bertz CT molecular complexity index is 337. The molecule has 0 saturated heterocycles. The fourth-order valence-electron chi connectivity index (χ4n) is 1.23. The fraction of sp³-hybridized carbons (Fsp3) is 0.300. The summed E-state index contributed by atoms with van der Waals surface area (Å²) < 4.78 is 0. The Morgan fingerprint density at radius 2 is 1.86 bits per heavy atom. The van der Waals surface area contributed by atoms with Crippen LogP contribution in [0.3, 0.4) is 0 Å². The van der Waals surface area contributed by atoms with Crippen LogP contribution in [0.15, 0.2) is 18.2 Å². The highest BCUT2D eigenvalue weighted by molar-refractivity contribution is 5.84. The number of aromatic hydroxyl groups is 1. The molecule has 14 heavy (non-hydrogen) atoms. The van der Waals surface area contributed by atoms with Gasteiger partial charge in [-0.2, -0.15) is 0 Å². The molecule has 0 spiro atoms. The zero-order valence-corrected chi connectivity index (χ0v) is 8.56. The third-order valence-corrected chi connectivity index (χ3v) is 1.98. The Morgan fingerprint density at radius 1 is 1.21 bits per heavy atom. The number of nitrogens with zero attached hydrogens (tertiary/aromatic N) is 2. The molecule has 0 heterocycles. The molecule has 4 heteroatoms. The molecule has 1 amide bonds. The highest BCUT2D eigenvalue weighted by Gasteiger charge is 2.08. The van der Waals surface area contributed by atoms with Crippen LogP contribution in [0.2, 0.25) is 0 Å². The van der Waals surface area contributed by atoms with E-state index in [2.05, 4.69) is 0 Å². The number of hydrogen-bond donors (Lipinski definition) is 1. The van der Waals surface area contributed by atoms with Crippen LogP contribution in [0.1, 0.15) is 0 Å². The van der Waals surface area contributed by atoms with E-state index in [1.807, 2.05) is 19.0 Å². The Hall–Kier alpha value is -1.71. The molecule has 4 nitrogen and oxygen atoms in total. The van der Waals surface area contributed by atoms with Gasteiger partial charge in [0.15, 0.2) is 0 Å². The van der Waals surface area contributed by atoms with E-state index < -0.39 is 0 Å². The first-order chi connectivity index (χ1) is 6.56. The Kier molecular flexibility index (Phi) is 2.96. The first kappa shape index (κ1) is 10.4. The molecule has 1 aromatic carbocycles. The minimum absolute atomic E-state index is 0.152. The van der Waals surface area contributed by atoms with Crippen molar-refractivity contribution in [3.63, 3.8) is 0 Å². The number of amides is 1. The lowest BCUT2D eigenvalue weighted by atomic mass is 10.2. The highest BCUT2D eigenvalue weighted by atomic mass is 16.3. The average molecular weight is 194 g/mol. The zero-order valence-electron chi connectivity index (χ0n) is 8.56. The van der Waals surface area contributed by atoms with Crippen molar-refractivity contribution in [3.05, 3.63) is 18.2 Å². The molecule has 0 saturated carbocycles. The number of rotatable bonds is 3. The fourth-order valence-corrected chi connectivity index (χ4v) is 1.23. The quantitative estimate of drug-likeness (QED) is 0.731. The Morgan fingerprint density at radius 3 is 2.36 bits per heavy atom. The van der Waals surface area contributed by atoms with Gasteiger partial charge in [-0.15, -0.1) is 0 Å². The smallest absolute Gasteiger partial charge is 0.213 e. The standard InChI is InChI=1S/C10H14N2O2/c1-11(2)9-5-4-8(14)6-10(9)12(3)7-13/h4-7,14H,1-3H3. The van der Waals surface area contributed by atoms with E-state index in [9.17, 15) is 9.90 Å². The van der Waals surface area contributed by atoms with Crippen molar-refractivity contribution < 1.29 is 9.90 Å². The normalized spacial score (nSPS) is 9.64. The second-order valence-electron chi connectivity index (χ2n) is 3.28. The van der Waals surface area contributed by atoms with Gasteiger partial charge in [-0.3, -0.25) is 4.79 Å². The lowest BCUT2D eigenvalue weighted by Gasteiger charge is -2.21. The zero-order chi connectivity index (χ0) is 10.7. The second-order valence-corrected chi connectivity index (χ2v) is 3.28. The van der Waals surface area contributed by atoms with Crippen molar-refractivity contribution >= 4 is 17.8 Å². The maximum atomic E-state index is 10.6. The molecule has 0 aromatic heterocycles. The lowest BCUT2D eigenvalue weighted by Crippen LogP contribution is -2.19. The van der Waals surface area contributed by atoms with E-state index in [0.717, 1.165) is 5.69 Å². The summed E-state index contributed by atoms with van der Waals surface area (Å²) in [7, 11) is 5.41. The molecule has 0 atom stereocenters. The van der Waals surface area contributed by atoms with E-state index in [1.54, 1.807) is 25.2 Å². The van der Waals surface area contributed by atoms with Crippen molar-refractivity contribution in [2.75, 3.05) is 30.9 Å². The molecule has 0 aliphatic rings. The van der Waals surface area contributed by atoms with Gasteiger partial charge in [-0.05, 0) is 12.1 Å². The van der Waals surface area contributed by atoms with E-state index in [0.29, 0.717) is 12.1 Å². The average Bonchev–Trinajstić information content (AvgIpc) is 2.16. The molecular weight excluding hydrogens is 180 g/mol. The van der Waals surface area contributed by atoms with Crippen LogP contribution in [0, 0.1) is 0 Å². The Labute approximate surface area is 83.4 Å². The van der Waals surface area contributed by atoms with Gasteiger partial charge in [0.25, 0.3) is 0 Å². The van der Waals surface area contributed by atoms with Gasteiger partial charge >= 0.3 is 0 Å². The SMILES string of the molecule is CN(C)c1ccc(O)cc1N(C)C=O. The molecule has 1 aromatic rings. The summed E-state index contributed by atoms with van der Waals surface area (Å²) in [6.07, 6.45) is 0.710. The second kappa shape index (κ2) is 4.00. The van der Waals surface area contributed by atoms with Gasteiger partial charge in [0.1, 0.15) is 5.75 Å². The van der Waals surface area contributed by atoms with E-state index in [1.165, 1.54) is 4.90 Å². The summed E-state index contributed by atoms with van der Waals surface area (Å²) in [5.74, 6) is 0.152. The summed E-state index contributed by atoms with van der Waals surface area (Å²) in [5.41, 5.74) is 1.57. The molecule has 0 fully saturated rings. The minimum atomic E-state index is 0.152. The number of carbonyl (C=O) groups is 1. The van der Waals surface area contributed by atoms with Gasteiger partial charge in [0.05, 0.1) is 11.4 Å². The van der Waals surface area contributed by atoms with Crippen molar-refractivity contribution in [1.82, 2.24) is 0 Å². The van der Waals surface area contributed by atoms with Crippen molar-refractivity contribution in [3.8, 4) is 5.75 Å². The summed E-state index contributed by atoms with van der Waals surface area (Å²) in [6.45, 7) is 0. The van der Waals surface area contributed by atoms with Crippen molar-refractivity contribution in [1.29, 1.82) is 0 Å². The van der Waals surface area contributed by atoms with Crippen LogP contribution < -0.4 is 9.80 Å². The topological polar surface area (TPSA) is 43.8 Å². The number of carbonyl (C=O) groups excluding carboxylic acids is 1. The number of anilines is 2. The van der Waals surface area contributed by atoms with Crippen LogP contribution >= 0.6 is 0 Å². The molecule has 0 bridgehead atoms. The predicted octanol–water partition coefficient (Wildman–Crippen LogP) is 1.05. The number of benzene rings is 1. The van der Waals surface area contributed by atoms with Gasteiger partial charge in [0, 0.05) is 27.2 Å². The van der Waals surface area contributed by atoms with E-state index >= 15 is 0 Å². The number of phenolic OH excluding ortho intramolecular Hbond substituents is 1. The maximum absolute atomic E-state index is 10.6. The largest absolute Gasteiger partial charge is 0.508 e. The molecule has 0 aliphatic carbocycles. The van der Waals surface area contributed by atoms with Crippen LogP contribution in [-0.2, 0) is 4.79 Å². The molecule has 0 radical (unpaired) electrons. The van der Waals surface area contributed by atoms with Crippen LogP contribution in [0.4, 0.5) is 11.4 Å². The molecule has 76 valence electrons. The monoisotopic (exact) mass is 194 g/mol. The van der Waals surface area contributed by atoms with E-state index in [-0.39, 0.29) is 5.75 Å². The molecular formula is C10H14N2O2. The summed E-state index contributed by atoms with van der Waals surface area (Å²) in [4.78, 5) is 13.9. The number of hydrogen-bond acceptors (Lipinski definition) is 3. The van der Waals surface area contributed by atoms with Gasteiger partial charge < -0.3 is 14.9 Å². The number of phenols is 1. The first-order valence-electron chi connectivity index (χ1n) is 4.24. The van der Waals surface area contributed by atoms with Gasteiger partial charge in [0.2, 0.25) is 6.41 Å². The summed E-state index contributed by atoms with van der Waals surface area (Å²) in [6, 6.07) is 4.92. The highest BCUT2D eigenvalue weighted by Crippen LogP contribution is 2.30. The third kappa shape index (κ3) is 1.96. The van der Waals surface area contributed by atoms with E-state index in [4.69, 9.17) is 0 Å². The van der Waals surface area contributed by atoms with Crippen LogP contribution in [-0.4, -0.2) is 32.7 Å². The molecule has 0 unspecified atom stereocenters. The van der Waals surface area contributed by atoms with Gasteiger partial charge in [-0.25, -0.2) is 0 Å². The van der Waals surface area contributed by atoms with Gasteiger partial charge in [-0.1, -0.05) is 0 Å². The Balaban J connectivity index is 3.22. The lowest BCUT2D eigenvalue weighted by molar-refractivity contribution is -0.107. The van der Waals surface area contributed by atoms with Crippen LogP contribution in [0.5, 0.6) is 5.75 Å². The molecule has 1 rings (SSSR count). The summed E-state index contributed by atoms with van der Waals surface area (Å²) in [5, 5.41) is 9.30. The van der Waals surface area contributed by atoms with Crippen LogP contribution in [0.25, 0.3) is 0 Å². The molecule has 0 aliphatic heterocycles.